The number of benzene rings is 1. The van der Waals surface area contributed by atoms with Gasteiger partial charge >= 0.3 is 0 Å². The van der Waals surface area contributed by atoms with Gasteiger partial charge in [-0.3, -0.25) is 0 Å². The Balaban J connectivity index is 1.98. The van der Waals surface area contributed by atoms with Gasteiger partial charge in [0.05, 0.1) is 0 Å². The third-order valence-electron chi connectivity index (χ3n) is 3.37. The Labute approximate surface area is 126 Å². The van der Waals surface area contributed by atoms with Gasteiger partial charge in [0.2, 0.25) is 0 Å². The van der Waals surface area contributed by atoms with Gasteiger partial charge in [0.25, 0.3) is 0 Å². The molecule has 0 radical (unpaired) electrons. The molecule has 0 spiro atoms. The van der Waals surface area contributed by atoms with E-state index in [-0.39, 0.29) is 0 Å². The van der Waals surface area contributed by atoms with Crippen molar-refractivity contribution in [3.05, 3.63) is 40.4 Å². The van der Waals surface area contributed by atoms with Gasteiger partial charge in [-0.2, -0.15) is 0 Å². The first-order chi connectivity index (χ1) is 10.1. The lowest BCUT2D eigenvalue weighted by molar-refractivity contribution is 0.628. The van der Waals surface area contributed by atoms with Crippen molar-refractivity contribution in [3.63, 3.8) is 0 Å². The second-order valence-electron chi connectivity index (χ2n) is 5.11. The monoisotopic (exact) mass is 307 g/mol. The lowest BCUT2D eigenvalue weighted by Crippen LogP contribution is -2.13. The number of nitrogens with one attached hydrogen (secondary N) is 2. The van der Waals surface area contributed by atoms with Crippen molar-refractivity contribution in [1.82, 2.24) is 9.97 Å². The van der Waals surface area contributed by atoms with Crippen LogP contribution < -0.4 is 16.6 Å². The molecule has 0 saturated heterocycles. The van der Waals surface area contributed by atoms with E-state index in [0.717, 1.165) is 24.2 Å². The molecule has 3 rings (SSSR count). The average molecular weight is 308 g/mol. The standard InChI is InChI=1S/C14H15ClFN5/c1-7-12(18-11-5-9(15)4-10(16)6-11)19-14(8-2-3-8)20-13(7)21-17/h4-6,8H,2-3,17H2,1H3,(H2,18,19,20,21). The molecule has 0 atom stereocenters. The molecule has 21 heavy (non-hydrogen) atoms. The van der Waals surface area contributed by atoms with E-state index in [1.54, 1.807) is 6.07 Å². The maximum atomic E-state index is 13.4. The molecule has 2 aromatic rings. The number of rotatable bonds is 4. The minimum Gasteiger partial charge on any atom is -0.340 e. The summed E-state index contributed by atoms with van der Waals surface area (Å²) in [6.45, 7) is 1.84. The zero-order valence-electron chi connectivity index (χ0n) is 11.5. The number of hydrazine groups is 1. The van der Waals surface area contributed by atoms with Crippen molar-refractivity contribution in [1.29, 1.82) is 0 Å². The summed E-state index contributed by atoms with van der Waals surface area (Å²) in [4.78, 5) is 8.92. The molecule has 0 unspecified atom stereocenters. The van der Waals surface area contributed by atoms with Crippen LogP contribution in [0, 0.1) is 12.7 Å². The SMILES string of the molecule is Cc1c(NN)nc(C2CC2)nc1Nc1cc(F)cc(Cl)c1. The van der Waals surface area contributed by atoms with E-state index in [9.17, 15) is 4.39 Å². The normalized spacial score (nSPS) is 14.1. The fourth-order valence-electron chi connectivity index (χ4n) is 2.08. The van der Waals surface area contributed by atoms with Crippen LogP contribution in [-0.2, 0) is 0 Å². The second kappa shape index (κ2) is 5.46. The molecule has 0 aliphatic heterocycles. The Bertz CT molecular complexity index is 667. The van der Waals surface area contributed by atoms with Crippen LogP contribution >= 0.6 is 11.6 Å². The first kappa shape index (κ1) is 14.0. The Hall–Kier alpha value is -1.92. The summed E-state index contributed by atoms with van der Waals surface area (Å²) in [5.41, 5.74) is 3.88. The molecule has 1 heterocycles. The largest absolute Gasteiger partial charge is 0.340 e. The van der Waals surface area contributed by atoms with Crippen molar-refractivity contribution >= 4 is 28.9 Å². The fraction of sp³-hybridized carbons (Fsp3) is 0.286. The molecular weight excluding hydrogens is 293 g/mol. The zero-order chi connectivity index (χ0) is 15.0. The molecule has 1 aromatic carbocycles. The smallest absolute Gasteiger partial charge is 0.148 e. The number of nitrogen functional groups attached to an aromatic ring is 1. The van der Waals surface area contributed by atoms with Crippen LogP contribution in [0.25, 0.3) is 0 Å². The van der Waals surface area contributed by atoms with E-state index < -0.39 is 5.82 Å². The van der Waals surface area contributed by atoms with E-state index in [0.29, 0.717) is 28.3 Å². The molecule has 0 amide bonds. The van der Waals surface area contributed by atoms with E-state index in [2.05, 4.69) is 20.7 Å². The average Bonchev–Trinajstić information content (AvgIpc) is 3.24. The van der Waals surface area contributed by atoms with Crippen molar-refractivity contribution in [2.45, 2.75) is 25.7 Å². The number of halogens is 2. The molecule has 1 aromatic heterocycles. The Morgan fingerprint density at radius 3 is 2.57 bits per heavy atom. The number of aromatic nitrogens is 2. The summed E-state index contributed by atoms with van der Waals surface area (Å²) in [5, 5.41) is 3.40. The van der Waals surface area contributed by atoms with Crippen LogP contribution in [0.2, 0.25) is 5.02 Å². The molecule has 1 aliphatic carbocycles. The number of nitrogens with two attached hydrogens (primary N) is 1. The van der Waals surface area contributed by atoms with Crippen molar-refractivity contribution < 1.29 is 4.39 Å². The molecule has 1 fully saturated rings. The summed E-state index contributed by atoms with van der Waals surface area (Å²) in [7, 11) is 0. The maximum Gasteiger partial charge on any atom is 0.148 e. The molecular formula is C14H15ClFN5. The van der Waals surface area contributed by atoms with Gasteiger partial charge in [-0.15, -0.1) is 0 Å². The molecule has 110 valence electrons. The quantitative estimate of drug-likeness (QED) is 0.595. The third kappa shape index (κ3) is 3.06. The van der Waals surface area contributed by atoms with Crippen molar-refractivity contribution in [3.8, 4) is 0 Å². The van der Waals surface area contributed by atoms with Gasteiger partial charge in [0.1, 0.15) is 23.3 Å². The van der Waals surface area contributed by atoms with Crippen LogP contribution in [0.3, 0.4) is 0 Å². The topological polar surface area (TPSA) is 75.9 Å². The number of anilines is 3. The zero-order valence-corrected chi connectivity index (χ0v) is 12.2. The molecule has 0 bridgehead atoms. The maximum absolute atomic E-state index is 13.4. The lowest BCUT2D eigenvalue weighted by Gasteiger charge is -2.13. The van der Waals surface area contributed by atoms with E-state index >= 15 is 0 Å². The minimum atomic E-state index is -0.406. The summed E-state index contributed by atoms with van der Waals surface area (Å²) >= 11 is 5.86. The fourth-order valence-corrected chi connectivity index (χ4v) is 2.30. The summed E-state index contributed by atoms with van der Waals surface area (Å²) in [6.07, 6.45) is 2.16. The predicted octanol–water partition coefficient (Wildman–Crippen LogP) is 3.48. The Morgan fingerprint density at radius 1 is 1.24 bits per heavy atom. The van der Waals surface area contributed by atoms with Gasteiger partial charge in [-0.25, -0.2) is 20.2 Å². The summed E-state index contributed by atoms with van der Waals surface area (Å²) in [5.74, 6) is 7.39. The van der Waals surface area contributed by atoms with Crippen LogP contribution in [-0.4, -0.2) is 9.97 Å². The first-order valence-electron chi connectivity index (χ1n) is 6.65. The van der Waals surface area contributed by atoms with Crippen molar-refractivity contribution in [2.24, 2.45) is 5.84 Å². The minimum absolute atomic E-state index is 0.323. The number of hydrogen-bond acceptors (Lipinski definition) is 5. The van der Waals surface area contributed by atoms with Crippen LogP contribution in [0.1, 0.15) is 30.1 Å². The number of hydrogen-bond donors (Lipinski definition) is 3. The molecule has 1 aliphatic rings. The van der Waals surface area contributed by atoms with Crippen LogP contribution in [0.15, 0.2) is 18.2 Å². The Morgan fingerprint density at radius 2 is 1.95 bits per heavy atom. The van der Waals surface area contributed by atoms with Gasteiger partial charge < -0.3 is 10.7 Å². The lowest BCUT2D eigenvalue weighted by atomic mass is 10.2. The van der Waals surface area contributed by atoms with Gasteiger partial charge in [0.15, 0.2) is 0 Å². The van der Waals surface area contributed by atoms with Gasteiger partial charge in [-0.05, 0) is 38.0 Å². The first-order valence-corrected chi connectivity index (χ1v) is 7.03. The highest BCUT2D eigenvalue weighted by Gasteiger charge is 2.28. The highest BCUT2D eigenvalue weighted by Crippen LogP contribution is 2.39. The van der Waals surface area contributed by atoms with E-state index in [1.165, 1.54) is 12.1 Å². The highest BCUT2D eigenvalue weighted by atomic mass is 35.5. The third-order valence-corrected chi connectivity index (χ3v) is 3.59. The Kier molecular flexibility index (Phi) is 3.65. The second-order valence-corrected chi connectivity index (χ2v) is 5.54. The van der Waals surface area contributed by atoms with E-state index in [4.69, 9.17) is 17.4 Å². The summed E-state index contributed by atoms with van der Waals surface area (Å²) in [6, 6.07) is 4.25. The van der Waals surface area contributed by atoms with Gasteiger partial charge in [-0.1, -0.05) is 11.6 Å². The van der Waals surface area contributed by atoms with E-state index in [1.807, 2.05) is 6.92 Å². The molecule has 4 N–H and O–H groups in total. The molecule has 7 heteroatoms. The molecule has 1 saturated carbocycles. The summed E-state index contributed by atoms with van der Waals surface area (Å²) < 4.78 is 13.4. The van der Waals surface area contributed by atoms with Crippen LogP contribution in [0.4, 0.5) is 21.7 Å². The van der Waals surface area contributed by atoms with Crippen LogP contribution in [0.5, 0.6) is 0 Å². The van der Waals surface area contributed by atoms with Crippen molar-refractivity contribution in [2.75, 3.05) is 10.7 Å². The molecule has 5 nitrogen and oxygen atoms in total. The highest BCUT2D eigenvalue weighted by molar-refractivity contribution is 6.30. The van der Waals surface area contributed by atoms with Gasteiger partial charge in [0, 0.05) is 22.2 Å². The number of nitrogens with zero attached hydrogens (tertiary/aromatic N) is 2. The predicted molar refractivity (Wildman–Crippen MR) is 81.2 cm³/mol.